The summed E-state index contributed by atoms with van der Waals surface area (Å²) < 4.78 is 35.3. The molecule has 2 saturated heterocycles. The Morgan fingerprint density at radius 2 is 1.65 bits per heavy atom. The van der Waals surface area contributed by atoms with Crippen molar-refractivity contribution in [1.29, 1.82) is 0 Å². The van der Waals surface area contributed by atoms with Gasteiger partial charge in [-0.05, 0) is 26.0 Å². The summed E-state index contributed by atoms with van der Waals surface area (Å²) in [7, 11) is 3.44. The molecule has 4 heterocycles. The summed E-state index contributed by atoms with van der Waals surface area (Å²) in [5.41, 5.74) is 0.927. The summed E-state index contributed by atoms with van der Waals surface area (Å²) in [5.74, 6) is 0.435. The summed E-state index contributed by atoms with van der Waals surface area (Å²) in [6.07, 6.45) is -2.87. The maximum absolute atomic E-state index is 14.1. The molecule has 2 atom stereocenters. The minimum absolute atomic E-state index is 0.0273. The molecule has 2 aromatic heterocycles. The van der Waals surface area contributed by atoms with Crippen LogP contribution < -0.4 is 9.80 Å². The van der Waals surface area contributed by atoms with E-state index in [2.05, 4.69) is 15.0 Å². The number of amides is 2. The molecule has 0 N–H and O–H groups in total. The lowest BCUT2D eigenvalue weighted by Crippen LogP contribution is -2.52. The zero-order chi connectivity index (χ0) is 26.3. The van der Waals surface area contributed by atoms with Gasteiger partial charge in [0.05, 0.1) is 29.8 Å². The van der Waals surface area contributed by atoms with Gasteiger partial charge in [-0.3, -0.25) is 4.57 Å². The van der Waals surface area contributed by atoms with Gasteiger partial charge in [0.1, 0.15) is 0 Å². The molecule has 0 unspecified atom stereocenters. The van der Waals surface area contributed by atoms with Crippen LogP contribution >= 0.6 is 0 Å². The van der Waals surface area contributed by atoms with Crippen molar-refractivity contribution in [1.82, 2.24) is 34.3 Å². The molecule has 2 fully saturated rings. The lowest BCUT2D eigenvalue weighted by molar-refractivity contribution is 0.0277. The second-order valence-corrected chi connectivity index (χ2v) is 9.49. The van der Waals surface area contributed by atoms with Gasteiger partial charge >= 0.3 is 6.03 Å². The Morgan fingerprint density at radius 1 is 0.973 bits per heavy atom. The number of carbonyl (C=O) groups is 1. The van der Waals surface area contributed by atoms with Gasteiger partial charge in [-0.1, -0.05) is 12.1 Å². The monoisotopic (exact) mass is 515 g/mol. The smallest absolute Gasteiger partial charge is 0.319 e. The van der Waals surface area contributed by atoms with Crippen molar-refractivity contribution in [3.63, 3.8) is 0 Å². The number of imidazole rings is 1. The van der Waals surface area contributed by atoms with Crippen LogP contribution in [0.5, 0.6) is 0 Å². The van der Waals surface area contributed by atoms with E-state index in [1.165, 1.54) is 4.57 Å². The van der Waals surface area contributed by atoms with E-state index in [0.717, 1.165) is 0 Å². The zero-order valence-electron chi connectivity index (χ0n) is 21.4. The molecular weight excluding hydrogens is 484 g/mol. The van der Waals surface area contributed by atoms with Crippen LogP contribution in [0.2, 0.25) is 0 Å². The topological polar surface area (TPSA) is 95.8 Å². The Bertz CT molecular complexity index is 1280. The first-order chi connectivity index (χ1) is 17.7. The van der Waals surface area contributed by atoms with E-state index in [1.807, 2.05) is 23.6 Å². The summed E-state index contributed by atoms with van der Waals surface area (Å²) in [4.78, 5) is 38.0. The van der Waals surface area contributed by atoms with Gasteiger partial charge in [0.15, 0.2) is 5.82 Å². The lowest BCUT2D eigenvalue weighted by Gasteiger charge is -2.39. The molecule has 2 aliphatic rings. The summed E-state index contributed by atoms with van der Waals surface area (Å²) in [6, 6.07) is 6.85. The summed E-state index contributed by atoms with van der Waals surface area (Å²) in [6.45, 7) is 7.07. The second-order valence-electron chi connectivity index (χ2n) is 9.49. The van der Waals surface area contributed by atoms with Crippen molar-refractivity contribution in [3.05, 3.63) is 30.1 Å². The van der Waals surface area contributed by atoms with Crippen molar-refractivity contribution in [3.8, 4) is 5.95 Å². The van der Waals surface area contributed by atoms with Crippen LogP contribution in [0.25, 0.3) is 17.0 Å². The number of ether oxygens (including phenoxy) is 1. The van der Waals surface area contributed by atoms with Gasteiger partial charge in [-0.2, -0.15) is 15.0 Å². The predicted molar refractivity (Wildman–Crippen MR) is 135 cm³/mol. The van der Waals surface area contributed by atoms with Gasteiger partial charge in [0.25, 0.3) is 6.43 Å². The van der Waals surface area contributed by atoms with E-state index in [1.54, 1.807) is 48.2 Å². The molecule has 11 nitrogen and oxygen atoms in total. The number of alkyl halides is 2. The highest BCUT2D eigenvalue weighted by atomic mass is 19.3. The molecule has 13 heteroatoms. The Balaban J connectivity index is 1.59. The van der Waals surface area contributed by atoms with Gasteiger partial charge < -0.3 is 24.3 Å². The number of para-hydroxylation sites is 2. The summed E-state index contributed by atoms with van der Waals surface area (Å²) >= 11 is 0. The van der Waals surface area contributed by atoms with E-state index < -0.39 is 12.2 Å². The van der Waals surface area contributed by atoms with E-state index in [4.69, 9.17) is 9.72 Å². The molecule has 0 radical (unpaired) electrons. The highest BCUT2D eigenvalue weighted by Crippen LogP contribution is 2.29. The van der Waals surface area contributed by atoms with Crippen LogP contribution in [0, 0.1) is 0 Å². The predicted octanol–water partition coefficient (Wildman–Crippen LogP) is 2.57. The number of rotatable bonds is 4. The Kier molecular flexibility index (Phi) is 6.80. The van der Waals surface area contributed by atoms with Crippen molar-refractivity contribution < 1.29 is 18.3 Å². The number of benzene rings is 1. The van der Waals surface area contributed by atoms with Crippen molar-refractivity contribution in [2.45, 2.75) is 32.4 Å². The normalized spacial score (nSPS) is 20.7. The Morgan fingerprint density at radius 3 is 2.35 bits per heavy atom. The molecule has 0 bridgehead atoms. The van der Waals surface area contributed by atoms with Crippen LogP contribution in [0.3, 0.4) is 0 Å². The fraction of sp³-hybridized carbons (Fsp3) is 0.542. The third-order valence-electron chi connectivity index (χ3n) is 6.94. The first-order valence-electron chi connectivity index (χ1n) is 12.4. The number of fused-ring (bicyclic) bond motifs is 1. The molecule has 3 aromatic rings. The average molecular weight is 516 g/mol. The van der Waals surface area contributed by atoms with Crippen molar-refractivity contribution >= 4 is 29.0 Å². The third-order valence-corrected chi connectivity index (χ3v) is 6.94. The molecule has 2 amide bonds. The number of piperazine rings is 1. The molecule has 0 spiro atoms. The lowest BCUT2D eigenvalue weighted by atomic mass is 10.1. The van der Waals surface area contributed by atoms with Crippen LogP contribution in [0.4, 0.5) is 25.5 Å². The number of urea groups is 1. The molecule has 37 heavy (non-hydrogen) atoms. The molecular formula is C24H31F2N9O2. The van der Waals surface area contributed by atoms with Gasteiger partial charge in [-0.15, -0.1) is 0 Å². The van der Waals surface area contributed by atoms with Crippen LogP contribution in [-0.2, 0) is 4.74 Å². The van der Waals surface area contributed by atoms with Gasteiger partial charge in [0.2, 0.25) is 17.8 Å². The minimum Gasteiger partial charge on any atom is -0.375 e. The average Bonchev–Trinajstić information content (AvgIpc) is 3.30. The minimum atomic E-state index is -2.82. The van der Waals surface area contributed by atoms with Crippen LogP contribution in [-0.4, -0.2) is 106 Å². The van der Waals surface area contributed by atoms with Crippen LogP contribution in [0.1, 0.15) is 26.1 Å². The standard InChI is InChI=1S/C24H31F2N9O2/c1-15-16(2)37-14-13-34(15)22-28-21(32-9-11-33(12-10-32)24(36)31(3)4)29-23(30-22)35-18-8-6-5-7-17(18)27-20(35)19(25)26/h5-8,15-16,19H,9-14H2,1-4H3/t15-,16+/m0/s1. The number of nitrogens with zero attached hydrogens (tertiary/aromatic N) is 9. The second kappa shape index (κ2) is 10.0. The van der Waals surface area contributed by atoms with E-state index in [0.29, 0.717) is 62.3 Å². The van der Waals surface area contributed by atoms with Crippen molar-refractivity contribution in [2.24, 2.45) is 0 Å². The molecule has 5 rings (SSSR count). The quantitative estimate of drug-likeness (QED) is 0.523. The number of halogens is 2. The molecule has 0 saturated carbocycles. The third kappa shape index (κ3) is 4.75. The highest BCUT2D eigenvalue weighted by molar-refractivity contribution is 5.78. The Hall–Kier alpha value is -3.61. The maximum Gasteiger partial charge on any atom is 0.319 e. The molecule has 0 aliphatic carbocycles. The zero-order valence-corrected chi connectivity index (χ0v) is 21.4. The van der Waals surface area contributed by atoms with E-state index in [9.17, 15) is 13.6 Å². The fourth-order valence-electron chi connectivity index (χ4n) is 4.71. The number of hydrogen-bond acceptors (Lipinski definition) is 8. The SMILES string of the molecule is C[C@H]1OCCN(c2nc(N3CCN(C(=O)N(C)C)CC3)nc(-n3c(C(F)F)nc4ccccc43)n2)[C@H]1C. The first-order valence-corrected chi connectivity index (χ1v) is 12.4. The number of carbonyl (C=O) groups excluding carboxylic acids is 1. The maximum atomic E-state index is 14.1. The molecule has 1 aromatic carbocycles. The van der Waals surface area contributed by atoms with Crippen LogP contribution in [0.15, 0.2) is 24.3 Å². The van der Waals surface area contributed by atoms with Crippen molar-refractivity contribution in [2.75, 3.05) is 63.2 Å². The van der Waals surface area contributed by atoms with E-state index >= 15 is 0 Å². The van der Waals surface area contributed by atoms with Gasteiger partial charge in [0, 0.05) is 46.8 Å². The Labute approximate surface area is 213 Å². The number of anilines is 2. The van der Waals surface area contributed by atoms with Gasteiger partial charge in [-0.25, -0.2) is 18.6 Å². The highest BCUT2D eigenvalue weighted by Gasteiger charge is 2.31. The first kappa shape index (κ1) is 25.1. The number of morpholine rings is 1. The number of hydrogen-bond donors (Lipinski definition) is 0. The molecule has 198 valence electrons. The number of aromatic nitrogens is 5. The van der Waals surface area contributed by atoms with E-state index in [-0.39, 0.29) is 24.1 Å². The summed E-state index contributed by atoms with van der Waals surface area (Å²) in [5, 5.41) is 0. The largest absolute Gasteiger partial charge is 0.375 e. The fourth-order valence-corrected chi connectivity index (χ4v) is 4.71. The molecule has 2 aliphatic heterocycles.